The molecule has 1 aliphatic carbocycles. The van der Waals surface area contributed by atoms with E-state index < -0.39 is 0 Å². The van der Waals surface area contributed by atoms with Gasteiger partial charge in [-0.2, -0.15) is 0 Å². The van der Waals surface area contributed by atoms with Crippen LogP contribution in [0.25, 0.3) is 0 Å². The van der Waals surface area contributed by atoms with Gasteiger partial charge in [0.05, 0.1) is 25.0 Å². The lowest BCUT2D eigenvalue weighted by Crippen LogP contribution is -2.36. The fourth-order valence-electron chi connectivity index (χ4n) is 4.47. The molecule has 0 unspecified atom stereocenters. The predicted molar refractivity (Wildman–Crippen MR) is 111 cm³/mol. The molecular formula is C23H29N3O4. The summed E-state index contributed by atoms with van der Waals surface area (Å²) in [6.45, 7) is 4.77. The van der Waals surface area contributed by atoms with Crippen molar-refractivity contribution in [2.24, 2.45) is 11.8 Å². The summed E-state index contributed by atoms with van der Waals surface area (Å²) >= 11 is 0. The summed E-state index contributed by atoms with van der Waals surface area (Å²) in [6, 6.07) is 8.11. The van der Waals surface area contributed by atoms with E-state index in [9.17, 15) is 14.4 Å². The zero-order chi connectivity index (χ0) is 20.9. The van der Waals surface area contributed by atoms with Crippen LogP contribution in [0.4, 0.5) is 0 Å². The molecule has 3 amide bonds. The average molecular weight is 412 g/mol. The maximum Gasteiger partial charge on any atom is 0.233 e. The van der Waals surface area contributed by atoms with Crippen LogP contribution in [0.5, 0.6) is 0 Å². The van der Waals surface area contributed by atoms with Gasteiger partial charge in [-0.3, -0.25) is 24.2 Å². The van der Waals surface area contributed by atoms with E-state index in [1.165, 1.54) is 10.5 Å². The van der Waals surface area contributed by atoms with E-state index in [1.807, 2.05) is 30.4 Å². The topological polar surface area (TPSA) is 79.0 Å². The lowest BCUT2D eigenvalue weighted by Gasteiger charge is -2.27. The molecule has 0 aromatic heterocycles. The minimum atomic E-state index is -0.238. The highest BCUT2D eigenvalue weighted by atomic mass is 16.5. The van der Waals surface area contributed by atoms with E-state index in [4.69, 9.17) is 4.74 Å². The molecular weight excluding hydrogens is 382 g/mol. The van der Waals surface area contributed by atoms with Gasteiger partial charge in [0.15, 0.2) is 0 Å². The first-order chi connectivity index (χ1) is 14.6. The normalized spacial score (nSPS) is 24.2. The Kier molecular flexibility index (Phi) is 6.59. The maximum absolute atomic E-state index is 12.5. The van der Waals surface area contributed by atoms with Crippen LogP contribution in [0.3, 0.4) is 0 Å². The molecule has 0 spiro atoms. The van der Waals surface area contributed by atoms with Crippen LogP contribution in [0.1, 0.15) is 30.4 Å². The number of hydrogen-bond donors (Lipinski definition) is 1. The van der Waals surface area contributed by atoms with E-state index in [2.05, 4.69) is 16.3 Å². The van der Waals surface area contributed by atoms with E-state index >= 15 is 0 Å². The molecule has 1 N–H and O–H groups in total. The second kappa shape index (κ2) is 9.53. The lowest BCUT2D eigenvalue weighted by atomic mass is 9.85. The molecule has 30 heavy (non-hydrogen) atoms. The summed E-state index contributed by atoms with van der Waals surface area (Å²) in [5.41, 5.74) is 2.28. The smallest absolute Gasteiger partial charge is 0.233 e. The van der Waals surface area contributed by atoms with E-state index in [1.54, 1.807) is 0 Å². The first-order valence-corrected chi connectivity index (χ1v) is 10.8. The Morgan fingerprint density at radius 2 is 1.63 bits per heavy atom. The molecule has 2 atom stereocenters. The number of amides is 3. The summed E-state index contributed by atoms with van der Waals surface area (Å²) in [4.78, 5) is 41.0. The van der Waals surface area contributed by atoms with Gasteiger partial charge in [0.2, 0.25) is 17.7 Å². The number of rotatable bonds is 7. The molecule has 2 aliphatic heterocycles. The summed E-state index contributed by atoms with van der Waals surface area (Å²) in [7, 11) is 0. The van der Waals surface area contributed by atoms with Crippen LogP contribution in [0.2, 0.25) is 0 Å². The van der Waals surface area contributed by atoms with Gasteiger partial charge in [-0.15, -0.1) is 0 Å². The van der Waals surface area contributed by atoms with Gasteiger partial charge in [0.25, 0.3) is 0 Å². The molecule has 1 aromatic carbocycles. The van der Waals surface area contributed by atoms with Gasteiger partial charge < -0.3 is 10.1 Å². The van der Waals surface area contributed by atoms with Crippen molar-refractivity contribution in [2.75, 3.05) is 32.8 Å². The van der Waals surface area contributed by atoms with Crippen LogP contribution in [0.15, 0.2) is 36.4 Å². The molecule has 2 heterocycles. The van der Waals surface area contributed by atoms with Crippen molar-refractivity contribution < 1.29 is 19.1 Å². The number of carbonyl (C=O) groups excluding carboxylic acids is 3. The number of allylic oxidation sites excluding steroid dienone is 2. The Morgan fingerprint density at radius 3 is 2.30 bits per heavy atom. The zero-order valence-corrected chi connectivity index (χ0v) is 17.2. The third-order valence-corrected chi connectivity index (χ3v) is 6.25. The number of likely N-dealkylation sites (tertiary alicyclic amines) is 1. The largest absolute Gasteiger partial charge is 0.379 e. The second-order valence-electron chi connectivity index (χ2n) is 8.17. The molecule has 0 bridgehead atoms. The molecule has 2 fully saturated rings. The highest BCUT2D eigenvalue weighted by molar-refractivity contribution is 6.05. The molecule has 0 saturated carbocycles. The van der Waals surface area contributed by atoms with Crippen molar-refractivity contribution in [3.8, 4) is 0 Å². The molecule has 7 heteroatoms. The monoisotopic (exact) mass is 411 g/mol. The van der Waals surface area contributed by atoms with Crippen LogP contribution in [-0.2, 0) is 32.2 Å². The first-order valence-electron chi connectivity index (χ1n) is 10.8. The number of fused-ring (bicyclic) bond motifs is 1. The van der Waals surface area contributed by atoms with Crippen LogP contribution in [0, 0.1) is 11.8 Å². The summed E-state index contributed by atoms with van der Waals surface area (Å²) < 4.78 is 5.41. The van der Waals surface area contributed by atoms with Gasteiger partial charge in [0, 0.05) is 39.1 Å². The van der Waals surface area contributed by atoms with Crippen molar-refractivity contribution >= 4 is 17.7 Å². The number of nitrogens with zero attached hydrogens (tertiary/aromatic N) is 2. The maximum atomic E-state index is 12.5. The molecule has 1 aromatic rings. The third kappa shape index (κ3) is 4.63. The number of nitrogens with one attached hydrogen (secondary N) is 1. The number of benzene rings is 1. The minimum Gasteiger partial charge on any atom is -0.379 e. The third-order valence-electron chi connectivity index (χ3n) is 6.25. The molecule has 2 saturated heterocycles. The Labute approximate surface area is 177 Å². The average Bonchev–Trinajstić information content (AvgIpc) is 3.02. The van der Waals surface area contributed by atoms with Crippen molar-refractivity contribution in [3.05, 3.63) is 47.5 Å². The molecule has 4 rings (SSSR count). The molecule has 3 aliphatic rings. The summed E-state index contributed by atoms with van der Waals surface area (Å²) in [6.07, 6.45) is 5.32. The van der Waals surface area contributed by atoms with Gasteiger partial charge in [-0.1, -0.05) is 36.4 Å². The Hall–Kier alpha value is -2.51. The van der Waals surface area contributed by atoms with Crippen LogP contribution in [-0.4, -0.2) is 60.4 Å². The second-order valence-corrected chi connectivity index (χ2v) is 8.17. The van der Waals surface area contributed by atoms with Crippen molar-refractivity contribution in [3.63, 3.8) is 0 Å². The number of imide groups is 1. The summed E-state index contributed by atoms with van der Waals surface area (Å²) in [5, 5.41) is 2.95. The van der Waals surface area contributed by atoms with Gasteiger partial charge >= 0.3 is 0 Å². The van der Waals surface area contributed by atoms with Crippen molar-refractivity contribution in [1.82, 2.24) is 15.1 Å². The Bertz CT molecular complexity index is 805. The van der Waals surface area contributed by atoms with Gasteiger partial charge in [0.1, 0.15) is 0 Å². The number of hydrogen-bond acceptors (Lipinski definition) is 5. The quantitative estimate of drug-likeness (QED) is 0.543. The molecule has 160 valence electrons. The van der Waals surface area contributed by atoms with Gasteiger partial charge in [-0.05, 0) is 24.0 Å². The number of ether oxygens (including phenoxy) is 1. The van der Waals surface area contributed by atoms with E-state index in [0.717, 1.165) is 38.4 Å². The lowest BCUT2D eigenvalue weighted by molar-refractivity contribution is -0.140. The van der Waals surface area contributed by atoms with Crippen molar-refractivity contribution in [1.29, 1.82) is 0 Å². The fourth-order valence-corrected chi connectivity index (χ4v) is 4.47. The fraction of sp³-hybridized carbons (Fsp3) is 0.522. The van der Waals surface area contributed by atoms with Crippen molar-refractivity contribution in [2.45, 2.75) is 32.4 Å². The SMILES string of the molecule is O=C(CCN1C(=O)[C@H]2CC=CC[C@H]2C1=O)NCc1ccccc1CN1CCOCC1. The van der Waals surface area contributed by atoms with Crippen LogP contribution < -0.4 is 5.32 Å². The highest BCUT2D eigenvalue weighted by Crippen LogP contribution is 2.34. The Balaban J connectivity index is 1.27. The Morgan fingerprint density at radius 1 is 1.00 bits per heavy atom. The number of carbonyl (C=O) groups is 3. The van der Waals surface area contributed by atoms with E-state index in [0.29, 0.717) is 19.4 Å². The number of morpholine rings is 1. The minimum absolute atomic E-state index is 0.127. The van der Waals surface area contributed by atoms with Gasteiger partial charge in [-0.25, -0.2) is 0 Å². The predicted octanol–water partition coefficient (Wildman–Crippen LogP) is 1.48. The molecule has 0 radical (unpaired) electrons. The standard InChI is InChI=1S/C23H29N3O4/c27-21(9-10-26-22(28)19-7-3-4-8-20(19)23(26)29)24-15-17-5-1-2-6-18(17)16-25-11-13-30-14-12-25/h1-6,19-20H,7-16H2,(H,24,27)/t19-,20+. The highest BCUT2D eigenvalue weighted by Gasteiger charge is 2.46. The van der Waals surface area contributed by atoms with E-state index in [-0.39, 0.29) is 42.5 Å². The zero-order valence-electron chi connectivity index (χ0n) is 17.2. The molecule has 7 nitrogen and oxygen atoms in total. The summed E-state index contributed by atoms with van der Waals surface area (Å²) in [5.74, 6) is -0.879. The first kappa shape index (κ1) is 20.8. The van der Waals surface area contributed by atoms with Crippen LogP contribution >= 0.6 is 0 Å².